The molecule has 0 aromatic heterocycles. The summed E-state index contributed by atoms with van der Waals surface area (Å²) in [6, 6.07) is -0.743. The fourth-order valence-corrected chi connectivity index (χ4v) is 2.52. The second-order valence-corrected chi connectivity index (χ2v) is 5.60. The highest BCUT2D eigenvalue weighted by Crippen LogP contribution is 2.18. The minimum Gasteiger partial charge on any atom is -0.369 e. The van der Waals surface area contributed by atoms with Crippen molar-refractivity contribution in [3.63, 3.8) is 0 Å². The van der Waals surface area contributed by atoms with Gasteiger partial charge in [-0.05, 0) is 24.8 Å². The number of nitro groups is 1. The van der Waals surface area contributed by atoms with Gasteiger partial charge in [0.1, 0.15) is 0 Å². The topological polar surface area (TPSA) is 214 Å². The summed E-state index contributed by atoms with van der Waals surface area (Å²) in [5, 5.41) is 15.8. The number of aliphatic imine (C=N–C) groups is 1. The Morgan fingerprint density at radius 1 is 1.48 bits per heavy atom. The van der Waals surface area contributed by atoms with E-state index in [1.807, 2.05) is 0 Å². The van der Waals surface area contributed by atoms with Gasteiger partial charge in [-0.25, -0.2) is 15.1 Å². The molecule has 1 fully saturated rings. The lowest BCUT2D eigenvalue weighted by molar-refractivity contribution is -0.525. The molecule has 13 nitrogen and oxygen atoms in total. The summed E-state index contributed by atoms with van der Waals surface area (Å²) in [6.07, 6.45) is 1.06. The van der Waals surface area contributed by atoms with Crippen LogP contribution in [0.1, 0.15) is 25.7 Å². The van der Waals surface area contributed by atoms with Crippen molar-refractivity contribution < 1.29 is 14.6 Å². The Morgan fingerprint density at radius 2 is 2.20 bits per heavy atom. The van der Waals surface area contributed by atoms with Crippen molar-refractivity contribution in [2.24, 2.45) is 27.5 Å². The molecule has 1 aliphatic heterocycles. The van der Waals surface area contributed by atoms with Gasteiger partial charge in [0, 0.05) is 30.3 Å². The molecule has 3 atom stereocenters. The summed E-state index contributed by atoms with van der Waals surface area (Å²) < 4.78 is 0. The van der Waals surface area contributed by atoms with Crippen molar-refractivity contribution in [2.75, 3.05) is 13.1 Å². The first kappa shape index (κ1) is 20.1. The number of hydrogen-bond acceptors (Lipinski definition) is 7. The number of nitrogens with two attached hydrogens (primary N) is 2. The standard InChI is InChI=1S/C12H21N9O4/c13-11(23)7(2-1-3-16-12(14)19-21(24)25)4-10(22)9-5-8(6-17-9)18-20-15/h7-9,17H,1-6H2,(H2,13,23)(H3,14,16,19)/t7-,8?,9-/m1/s1. The number of ketones is 1. The van der Waals surface area contributed by atoms with Crippen LogP contribution in [0.3, 0.4) is 0 Å². The number of carbonyl (C=O) groups excluding carboxylic acids is 2. The number of nitrogens with one attached hydrogen (secondary N) is 2. The number of nitrogens with zero attached hydrogens (tertiary/aromatic N) is 5. The van der Waals surface area contributed by atoms with Crippen LogP contribution in [0.5, 0.6) is 0 Å². The first-order chi connectivity index (χ1) is 11.8. The third kappa shape index (κ3) is 7.46. The molecule has 0 aromatic carbocycles. The Balaban J connectivity index is 2.44. The number of Topliss-reactive ketones (excluding diaryl/α,β-unsaturated/α-hetero) is 1. The van der Waals surface area contributed by atoms with Crippen LogP contribution in [0.4, 0.5) is 0 Å². The third-order valence-corrected chi connectivity index (χ3v) is 3.76. The summed E-state index contributed by atoms with van der Waals surface area (Å²) in [6.45, 7) is 0.574. The van der Waals surface area contributed by atoms with Gasteiger partial charge in [-0.3, -0.25) is 9.59 Å². The van der Waals surface area contributed by atoms with Gasteiger partial charge in [-0.2, -0.15) is 0 Å². The quantitative estimate of drug-likeness (QED) is 0.0557. The molecule has 0 aromatic rings. The molecule has 1 aliphatic rings. The van der Waals surface area contributed by atoms with Gasteiger partial charge in [0.25, 0.3) is 5.96 Å². The van der Waals surface area contributed by atoms with Crippen LogP contribution in [0.2, 0.25) is 0 Å². The zero-order chi connectivity index (χ0) is 18.8. The summed E-state index contributed by atoms with van der Waals surface area (Å²) in [5.74, 6) is -1.76. The van der Waals surface area contributed by atoms with E-state index in [-0.39, 0.29) is 30.8 Å². The van der Waals surface area contributed by atoms with Crippen molar-refractivity contribution in [3.05, 3.63) is 20.6 Å². The molecule has 1 heterocycles. The molecule has 25 heavy (non-hydrogen) atoms. The lowest BCUT2D eigenvalue weighted by atomic mass is 9.93. The van der Waals surface area contributed by atoms with Gasteiger partial charge >= 0.3 is 0 Å². The SMILES string of the molecule is [N-]=[N+]=NC1CN[C@@H](C(=O)C[C@@H](CCCN=C(N)N[N+](=O)[O-])C(N)=O)C1. The zero-order valence-corrected chi connectivity index (χ0v) is 13.5. The van der Waals surface area contributed by atoms with Crippen LogP contribution < -0.4 is 22.2 Å². The Hall–Kier alpha value is -2.92. The first-order valence-electron chi connectivity index (χ1n) is 7.64. The summed E-state index contributed by atoms with van der Waals surface area (Å²) in [5.41, 5.74) is 20.7. The average Bonchev–Trinajstić information content (AvgIpc) is 2.98. The molecule has 13 heteroatoms. The summed E-state index contributed by atoms with van der Waals surface area (Å²) >= 11 is 0. The number of hydrogen-bond donors (Lipinski definition) is 4. The predicted molar refractivity (Wildman–Crippen MR) is 87.5 cm³/mol. The first-order valence-corrected chi connectivity index (χ1v) is 7.64. The summed E-state index contributed by atoms with van der Waals surface area (Å²) in [4.78, 5) is 40.3. The molecule has 1 saturated heterocycles. The van der Waals surface area contributed by atoms with Crippen LogP contribution in [0.15, 0.2) is 10.1 Å². The van der Waals surface area contributed by atoms with Crippen molar-refractivity contribution in [2.45, 2.75) is 37.8 Å². The molecule has 0 spiro atoms. The highest BCUT2D eigenvalue weighted by molar-refractivity contribution is 5.89. The second-order valence-electron chi connectivity index (χ2n) is 5.60. The van der Waals surface area contributed by atoms with Gasteiger partial charge in [0.15, 0.2) is 10.8 Å². The van der Waals surface area contributed by atoms with Gasteiger partial charge in [-0.1, -0.05) is 10.5 Å². The van der Waals surface area contributed by atoms with Crippen molar-refractivity contribution in [1.82, 2.24) is 10.7 Å². The average molecular weight is 355 g/mol. The van der Waals surface area contributed by atoms with Crippen LogP contribution in [0.25, 0.3) is 10.4 Å². The molecule has 0 saturated carbocycles. The smallest absolute Gasteiger partial charge is 0.251 e. The second kappa shape index (κ2) is 10.1. The van der Waals surface area contributed by atoms with Gasteiger partial charge in [-0.15, -0.1) is 0 Å². The number of azide groups is 1. The van der Waals surface area contributed by atoms with Gasteiger partial charge in [0.2, 0.25) is 5.91 Å². The maximum atomic E-state index is 12.2. The zero-order valence-electron chi connectivity index (χ0n) is 13.5. The highest BCUT2D eigenvalue weighted by atomic mass is 16.7. The van der Waals surface area contributed by atoms with Crippen LogP contribution >= 0.6 is 0 Å². The van der Waals surface area contributed by atoms with E-state index in [2.05, 4.69) is 20.3 Å². The molecule has 6 N–H and O–H groups in total. The predicted octanol–water partition coefficient (Wildman–Crippen LogP) is -1.04. The minimum absolute atomic E-state index is 0.0255. The minimum atomic E-state index is -0.831. The van der Waals surface area contributed by atoms with E-state index in [0.717, 1.165) is 0 Å². The molecule has 1 unspecified atom stereocenters. The number of hydrazine groups is 1. The Labute approximate surface area is 143 Å². The van der Waals surface area contributed by atoms with E-state index in [1.165, 1.54) is 0 Å². The highest BCUT2D eigenvalue weighted by Gasteiger charge is 2.31. The number of amides is 1. The van der Waals surface area contributed by atoms with Crippen molar-refractivity contribution in [3.8, 4) is 0 Å². The normalized spacial score (nSPS) is 21.2. The van der Waals surface area contributed by atoms with E-state index in [1.54, 1.807) is 5.43 Å². The molecular weight excluding hydrogens is 334 g/mol. The maximum absolute atomic E-state index is 12.2. The van der Waals surface area contributed by atoms with Crippen LogP contribution in [-0.4, -0.2) is 47.9 Å². The van der Waals surface area contributed by atoms with Crippen LogP contribution in [0, 0.1) is 16.0 Å². The van der Waals surface area contributed by atoms with E-state index in [9.17, 15) is 19.7 Å². The number of primary amides is 1. The van der Waals surface area contributed by atoms with Gasteiger partial charge < -0.3 is 16.8 Å². The Kier molecular flexibility index (Phi) is 8.09. The fraction of sp³-hybridized carbons (Fsp3) is 0.750. The van der Waals surface area contributed by atoms with Crippen molar-refractivity contribution in [1.29, 1.82) is 0 Å². The Bertz CT molecular complexity index is 587. The largest absolute Gasteiger partial charge is 0.369 e. The van der Waals surface area contributed by atoms with Crippen molar-refractivity contribution >= 4 is 17.6 Å². The third-order valence-electron chi connectivity index (χ3n) is 3.76. The lowest BCUT2D eigenvalue weighted by Gasteiger charge is -2.15. The molecule has 1 rings (SSSR count). The summed E-state index contributed by atoms with van der Waals surface area (Å²) in [7, 11) is 0. The van der Waals surface area contributed by atoms with Gasteiger partial charge in [0.05, 0.1) is 12.1 Å². The fourth-order valence-electron chi connectivity index (χ4n) is 2.52. The van der Waals surface area contributed by atoms with E-state index in [4.69, 9.17) is 17.0 Å². The number of rotatable bonds is 10. The Morgan fingerprint density at radius 3 is 2.80 bits per heavy atom. The molecular formula is C12H21N9O4. The van der Waals surface area contributed by atoms with Crippen LogP contribution in [-0.2, 0) is 9.59 Å². The van der Waals surface area contributed by atoms with E-state index >= 15 is 0 Å². The lowest BCUT2D eigenvalue weighted by Crippen LogP contribution is -2.36. The molecule has 138 valence electrons. The monoisotopic (exact) mass is 355 g/mol. The molecule has 0 bridgehead atoms. The molecule has 0 aliphatic carbocycles. The molecule has 1 amide bonds. The number of guanidine groups is 1. The molecule has 0 radical (unpaired) electrons. The van der Waals surface area contributed by atoms with E-state index in [0.29, 0.717) is 25.8 Å². The van der Waals surface area contributed by atoms with E-state index < -0.39 is 22.9 Å². The number of carbonyl (C=O) groups is 2. The maximum Gasteiger partial charge on any atom is 0.251 e.